The molecule has 2 amide bonds. The van der Waals surface area contributed by atoms with Crippen molar-refractivity contribution in [3.63, 3.8) is 0 Å². The molecule has 0 aliphatic heterocycles. The van der Waals surface area contributed by atoms with E-state index in [-0.39, 0.29) is 22.7 Å². The highest BCUT2D eigenvalue weighted by Crippen LogP contribution is 2.43. The Morgan fingerprint density at radius 3 is 1.41 bits per heavy atom. The Hall–Kier alpha value is -2.17. The minimum absolute atomic E-state index is 0.191. The topological polar surface area (TPSA) is 66.9 Å². The van der Waals surface area contributed by atoms with E-state index in [1.54, 1.807) is 14.1 Å². The lowest BCUT2D eigenvalue weighted by atomic mass is 9.98. The van der Waals surface area contributed by atoms with Gasteiger partial charge in [0, 0.05) is 27.9 Å². The molecular formula is C34H32I3N2O4S+. The standard InChI is InChI=1S/C34H32I3N2O4S/c1-21(40)38(5)31-28(35)27(29(36)32(30(31)37)39(6)22(2)41)33(42)43-34(3,4)23-17-19-26(20-18-23)44(24-13-9-7-10-14-24)25-15-11-8-12-16-25/h7-20H,1-6H3/q+1. The number of amides is 2. The van der Waals surface area contributed by atoms with Crippen molar-refractivity contribution < 1.29 is 19.1 Å². The van der Waals surface area contributed by atoms with Crippen LogP contribution >= 0.6 is 67.8 Å². The SMILES string of the molecule is CC(=O)N(C)c1c(I)c(C(=O)OC(C)(C)c2ccc([S+](c3ccccc3)c3ccccc3)cc2)c(I)c(N(C)C(C)=O)c1I. The average molecular weight is 945 g/mol. The van der Waals surface area contributed by atoms with Crippen LogP contribution in [0.25, 0.3) is 0 Å². The van der Waals surface area contributed by atoms with Gasteiger partial charge in [-0.15, -0.1) is 0 Å². The third-order valence-corrected chi connectivity index (χ3v) is 12.5. The van der Waals surface area contributed by atoms with Crippen LogP contribution in [0.15, 0.2) is 99.6 Å². The second kappa shape index (κ2) is 14.5. The molecule has 4 aromatic carbocycles. The molecule has 0 radical (unpaired) electrons. The summed E-state index contributed by atoms with van der Waals surface area (Å²) in [6.45, 7) is 6.66. The molecule has 10 heteroatoms. The first kappa shape index (κ1) is 34.7. The Morgan fingerprint density at radius 2 is 1.02 bits per heavy atom. The van der Waals surface area contributed by atoms with Gasteiger partial charge in [-0.2, -0.15) is 0 Å². The van der Waals surface area contributed by atoms with Gasteiger partial charge in [0.25, 0.3) is 0 Å². The number of rotatable bonds is 8. The lowest BCUT2D eigenvalue weighted by Crippen LogP contribution is -2.32. The smallest absolute Gasteiger partial charge is 0.341 e. The summed E-state index contributed by atoms with van der Waals surface area (Å²) in [5.74, 6) is -0.916. The second-order valence-electron chi connectivity index (χ2n) is 10.5. The molecule has 0 atom stereocenters. The Bertz CT molecular complexity index is 1610. The number of nitrogens with zero attached hydrogens (tertiary/aromatic N) is 2. The minimum atomic E-state index is -0.970. The third-order valence-electron chi connectivity index (χ3n) is 7.18. The third kappa shape index (κ3) is 7.28. The first-order valence-electron chi connectivity index (χ1n) is 13.6. The van der Waals surface area contributed by atoms with Gasteiger partial charge in [0.05, 0.1) is 38.5 Å². The molecule has 0 heterocycles. The van der Waals surface area contributed by atoms with Gasteiger partial charge in [-0.3, -0.25) is 9.59 Å². The van der Waals surface area contributed by atoms with Crippen LogP contribution in [0.1, 0.15) is 43.6 Å². The summed E-state index contributed by atoms with van der Waals surface area (Å²) < 4.78 is 8.08. The zero-order valence-electron chi connectivity index (χ0n) is 25.2. The number of anilines is 2. The normalized spacial score (nSPS) is 11.3. The first-order chi connectivity index (χ1) is 20.8. The lowest BCUT2D eigenvalue weighted by Gasteiger charge is -2.30. The van der Waals surface area contributed by atoms with E-state index in [1.807, 2.05) is 38.1 Å². The van der Waals surface area contributed by atoms with E-state index in [4.69, 9.17) is 4.74 Å². The predicted molar refractivity (Wildman–Crippen MR) is 203 cm³/mol. The van der Waals surface area contributed by atoms with Crippen LogP contribution in [0, 0.1) is 10.7 Å². The highest BCUT2D eigenvalue weighted by molar-refractivity contribution is 14.1. The summed E-state index contributed by atoms with van der Waals surface area (Å²) in [5, 5.41) is 0. The van der Waals surface area contributed by atoms with Crippen LogP contribution in [-0.2, 0) is 30.8 Å². The van der Waals surface area contributed by atoms with Crippen LogP contribution < -0.4 is 9.80 Å². The zero-order valence-corrected chi connectivity index (χ0v) is 32.4. The molecule has 0 saturated heterocycles. The molecule has 228 valence electrons. The van der Waals surface area contributed by atoms with Crippen LogP contribution in [0.5, 0.6) is 0 Å². The van der Waals surface area contributed by atoms with Gasteiger partial charge in [-0.05, 0) is 124 Å². The van der Waals surface area contributed by atoms with Gasteiger partial charge in [0.2, 0.25) is 11.8 Å². The van der Waals surface area contributed by atoms with Crippen molar-refractivity contribution in [1.82, 2.24) is 0 Å². The molecule has 0 bridgehead atoms. The highest BCUT2D eigenvalue weighted by atomic mass is 127. The number of esters is 1. The fourth-order valence-electron chi connectivity index (χ4n) is 4.58. The van der Waals surface area contributed by atoms with E-state index < -0.39 is 11.6 Å². The number of hydrogen-bond acceptors (Lipinski definition) is 4. The maximum atomic E-state index is 14.0. The fraction of sp³-hybridized carbons (Fsp3) is 0.206. The summed E-state index contributed by atoms with van der Waals surface area (Å²) >= 11 is 6.33. The van der Waals surface area contributed by atoms with E-state index in [0.29, 0.717) is 27.6 Å². The molecule has 0 aliphatic carbocycles. The van der Waals surface area contributed by atoms with Gasteiger partial charge in [0.15, 0.2) is 14.7 Å². The molecule has 6 nitrogen and oxygen atoms in total. The summed E-state index contributed by atoms with van der Waals surface area (Å²) in [4.78, 5) is 45.4. The van der Waals surface area contributed by atoms with Crippen molar-refractivity contribution in [2.75, 3.05) is 23.9 Å². The van der Waals surface area contributed by atoms with Gasteiger partial charge in [0.1, 0.15) is 5.60 Å². The van der Waals surface area contributed by atoms with E-state index >= 15 is 0 Å². The molecule has 0 aromatic heterocycles. The molecule has 0 aliphatic rings. The van der Waals surface area contributed by atoms with E-state index in [0.717, 1.165) is 10.5 Å². The van der Waals surface area contributed by atoms with Crippen LogP contribution in [-0.4, -0.2) is 31.9 Å². The second-order valence-corrected chi connectivity index (χ2v) is 15.8. The van der Waals surface area contributed by atoms with Crippen LogP contribution in [0.4, 0.5) is 11.4 Å². The zero-order chi connectivity index (χ0) is 32.3. The summed E-state index contributed by atoms with van der Waals surface area (Å²) in [6, 6.07) is 29.1. The van der Waals surface area contributed by atoms with Gasteiger partial charge in [-0.1, -0.05) is 48.5 Å². The van der Waals surface area contributed by atoms with E-state index in [9.17, 15) is 14.4 Å². The largest absolute Gasteiger partial charge is 0.451 e. The highest BCUT2D eigenvalue weighted by Gasteiger charge is 2.35. The van der Waals surface area contributed by atoms with Gasteiger partial charge < -0.3 is 14.5 Å². The van der Waals surface area contributed by atoms with Crippen molar-refractivity contribution in [2.45, 2.75) is 48.0 Å². The Labute approximate surface area is 302 Å². The van der Waals surface area contributed by atoms with E-state index in [2.05, 4.69) is 128 Å². The van der Waals surface area contributed by atoms with Crippen LogP contribution in [0.2, 0.25) is 0 Å². The van der Waals surface area contributed by atoms with Crippen molar-refractivity contribution in [3.8, 4) is 0 Å². The number of ether oxygens (including phenoxy) is 1. The quantitative estimate of drug-likeness (QED) is 0.101. The Morgan fingerprint density at radius 1 is 0.636 bits per heavy atom. The van der Waals surface area contributed by atoms with Gasteiger partial charge in [-0.25, -0.2) is 4.79 Å². The average Bonchev–Trinajstić information content (AvgIpc) is 2.98. The number of benzene rings is 4. The number of hydrogen-bond donors (Lipinski definition) is 0. The molecule has 0 N–H and O–H groups in total. The van der Waals surface area contributed by atoms with Crippen molar-refractivity contribution in [2.24, 2.45) is 0 Å². The molecule has 4 rings (SSSR count). The molecule has 0 spiro atoms. The van der Waals surface area contributed by atoms with Crippen molar-refractivity contribution >= 4 is 108 Å². The number of halogens is 3. The summed E-state index contributed by atoms with van der Waals surface area (Å²) in [7, 11) is 3.02. The maximum absolute atomic E-state index is 14.0. The molecule has 4 aromatic rings. The monoisotopic (exact) mass is 945 g/mol. The Kier molecular flexibility index (Phi) is 11.4. The number of carbonyl (C=O) groups is 3. The molecular weight excluding hydrogens is 913 g/mol. The lowest BCUT2D eigenvalue weighted by molar-refractivity contribution is -0.117. The summed E-state index contributed by atoms with van der Waals surface area (Å²) in [6.07, 6.45) is 0. The molecule has 0 fully saturated rings. The molecule has 0 saturated carbocycles. The summed E-state index contributed by atoms with van der Waals surface area (Å²) in [5.41, 5.74) is 1.31. The molecule has 0 unspecified atom stereocenters. The Balaban J connectivity index is 1.73. The molecule has 44 heavy (non-hydrogen) atoms. The first-order valence-corrected chi connectivity index (χ1v) is 18.1. The maximum Gasteiger partial charge on any atom is 0.341 e. The van der Waals surface area contributed by atoms with Gasteiger partial charge >= 0.3 is 5.97 Å². The van der Waals surface area contributed by atoms with E-state index in [1.165, 1.54) is 33.4 Å². The van der Waals surface area contributed by atoms with Crippen molar-refractivity contribution in [1.29, 1.82) is 0 Å². The predicted octanol–water partition coefficient (Wildman–Crippen LogP) is 8.65. The fourth-order valence-corrected chi connectivity index (χ4v) is 11.7. The minimum Gasteiger partial charge on any atom is -0.451 e. The van der Waals surface area contributed by atoms with Crippen molar-refractivity contribution in [3.05, 3.63) is 107 Å². The number of carbonyl (C=O) groups excluding carboxylic acids is 3. The van der Waals surface area contributed by atoms with Crippen LogP contribution in [0.3, 0.4) is 0 Å².